The molecule has 4 nitrogen and oxygen atoms in total. The summed E-state index contributed by atoms with van der Waals surface area (Å²) in [4.78, 5) is 0. The fourth-order valence-electron chi connectivity index (χ4n) is 0.466. The second-order valence-electron chi connectivity index (χ2n) is 1.43. The average Bonchev–Trinajstić information content (AvgIpc) is 2.34. The van der Waals surface area contributed by atoms with E-state index in [2.05, 4.69) is 10.2 Å². The van der Waals surface area contributed by atoms with E-state index in [1.807, 2.05) is 6.07 Å². The van der Waals surface area contributed by atoms with Crippen LogP contribution in [0.4, 0.5) is 0 Å². The van der Waals surface area contributed by atoms with E-state index >= 15 is 0 Å². The largest absolute Gasteiger partial charge is 0.481 e. The first kappa shape index (κ1) is 5.63. The zero-order chi connectivity index (χ0) is 6.69. The molecule has 0 amide bonds. The fourth-order valence-corrected chi connectivity index (χ4v) is 0.466. The summed E-state index contributed by atoms with van der Waals surface area (Å²) in [7, 11) is 1.51. The maximum Gasteiger partial charge on any atom is 0.210 e. The van der Waals surface area contributed by atoms with Crippen molar-refractivity contribution in [3.05, 3.63) is 11.8 Å². The quantitative estimate of drug-likeness (QED) is 0.583. The summed E-state index contributed by atoms with van der Waals surface area (Å²) in [6.45, 7) is 0. The number of hydrogen-bond donors (Lipinski definition) is 1. The highest BCUT2D eigenvalue weighted by Crippen LogP contribution is 2.04. The minimum absolute atomic E-state index is 0.340. The van der Waals surface area contributed by atoms with Gasteiger partial charge in [-0.3, -0.25) is 0 Å². The molecule has 0 saturated heterocycles. The van der Waals surface area contributed by atoms with Crippen LogP contribution in [0.2, 0.25) is 0 Å². The molecule has 9 heavy (non-hydrogen) atoms. The molecular weight excluding hydrogens is 118 g/mol. The second-order valence-corrected chi connectivity index (χ2v) is 1.43. The summed E-state index contributed by atoms with van der Waals surface area (Å²) >= 11 is 0. The smallest absolute Gasteiger partial charge is 0.210 e. The van der Waals surface area contributed by atoms with Crippen LogP contribution >= 0.6 is 0 Å². The maximum atomic E-state index is 8.26. The lowest BCUT2D eigenvalue weighted by atomic mass is 10.5. The Hall–Kier alpha value is -1.50. The highest BCUT2D eigenvalue weighted by Gasteiger charge is 1.95. The summed E-state index contributed by atoms with van der Waals surface area (Å²) in [6, 6.07) is 3.39. The topological polar surface area (TPSA) is 61.7 Å². The first-order valence-electron chi connectivity index (χ1n) is 2.36. The van der Waals surface area contributed by atoms with E-state index in [9.17, 15) is 0 Å². The zero-order valence-corrected chi connectivity index (χ0v) is 4.88. The summed E-state index contributed by atoms with van der Waals surface area (Å²) in [5.74, 6) is 0.506. The number of hydrogen-bond acceptors (Lipinski definition) is 3. The zero-order valence-electron chi connectivity index (χ0n) is 4.88. The van der Waals surface area contributed by atoms with Crippen molar-refractivity contribution in [1.82, 2.24) is 10.2 Å². The number of rotatable bonds is 1. The maximum absolute atomic E-state index is 8.26. The van der Waals surface area contributed by atoms with Gasteiger partial charge in [-0.2, -0.15) is 10.4 Å². The summed E-state index contributed by atoms with van der Waals surface area (Å²) in [5, 5.41) is 14.4. The van der Waals surface area contributed by atoms with E-state index in [0.29, 0.717) is 11.6 Å². The molecule has 4 heteroatoms. The Morgan fingerprint density at radius 2 is 2.67 bits per heavy atom. The van der Waals surface area contributed by atoms with Crippen LogP contribution in [-0.4, -0.2) is 17.3 Å². The van der Waals surface area contributed by atoms with Crippen molar-refractivity contribution in [3.8, 4) is 11.9 Å². The van der Waals surface area contributed by atoms with E-state index in [1.54, 1.807) is 0 Å². The van der Waals surface area contributed by atoms with E-state index in [4.69, 9.17) is 10.00 Å². The van der Waals surface area contributed by atoms with E-state index in [-0.39, 0.29) is 0 Å². The first-order valence-corrected chi connectivity index (χ1v) is 2.36. The van der Waals surface area contributed by atoms with Crippen molar-refractivity contribution in [2.24, 2.45) is 0 Å². The summed E-state index contributed by atoms with van der Waals surface area (Å²) in [5.41, 5.74) is 0.340. The second kappa shape index (κ2) is 2.18. The van der Waals surface area contributed by atoms with Crippen LogP contribution in [-0.2, 0) is 0 Å². The lowest BCUT2D eigenvalue weighted by molar-refractivity contribution is 0.397. The molecule has 0 aliphatic carbocycles. The van der Waals surface area contributed by atoms with Gasteiger partial charge in [0, 0.05) is 6.07 Å². The van der Waals surface area contributed by atoms with Crippen LogP contribution < -0.4 is 4.74 Å². The molecule has 0 spiro atoms. The molecule has 1 heterocycles. The van der Waals surface area contributed by atoms with Crippen LogP contribution in [0.15, 0.2) is 6.07 Å². The normalized spacial score (nSPS) is 8.44. The fraction of sp³-hybridized carbons (Fsp3) is 0.200. The molecule has 0 aliphatic rings. The Morgan fingerprint density at radius 1 is 1.89 bits per heavy atom. The third-order valence-electron chi connectivity index (χ3n) is 0.889. The molecule has 0 radical (unpaired) electrons. The van der Waals surface area contributed by atoms with Gasteiger partial charge >= 0.3 is 0 Å². The highest BCUT2D eigenvalue weighted by molar-refractivity contribution is 5.24. The van der Waals surface area contributed by atoms with E-state index in [0.717, 1.165) is 0 Å². The molecule has 0 bridgehead atoms. The van der Waals surface area contributed by atoms with Gasteiger partial charge in [0.1, 0.15) is 6.07 Å². The third kappa shape index (κ3) is 0.995. The van der Waals surface area contributed by atoms with Gasteiger partial charge in [-0.05, 0) is 0 Å². The Bertz CT molecular complexity index is 235. The molecule has 0 aromatic carbocycles. The third-order valence-corrected chi connectivity index (χ3v) is 0.889. The number of nitriles is 1. The van der Waals surface area contributed by atoms with E-state index in [1.165, 1.54) is 13.2 Å². The van der Waals surface area contributed by atoms with Gasteiger partial charge < -0.3 is 4.74 Å². The molecule has 1 aromatic rings. The van der Waals surface area contributed by atoms with E-state index < -0.39 is 0 Å². The minimum Gasteiger partial charge on any atom is -0.481 e. The number of nitrogens with one attached hydrogen (secondary N) is 1. The minimum atomic E-state index is 0.340. The summed E-state index contributed by atoms with van der Waals surface area (Å²) in [6.07, 6.45) is 0. The molecule has 1 N–H and O–H groups in total. The Morgan fingerprint density at radius 3 is 3.00 bits per heavy atom. The van der Waals surface area contributed by atoms with Gasteiger partial charge in [0.05, 0.1) is 7.11 Å². The molecule has 0 atom stereocenters. The van der Waals surface area contributed by atoms with Crippen molar-refractivity contribution in [1.29, 1.82) is 5.26 Å². The molecule has 0 fully saturated rings. The Labute approximate surface area is 52.1 Å². The van der Waals surface area contributed by atoms with Crippen LogP contribution in [0.25, 0.3) is 0 Å². The number of H-pyrrole nitrogens is 1. The number of aromatic nitrogens is 2. The first-order chi connectivity index (χ1) is 4.36. The van der Waals surface area contributed by atoms with Crippen LogP contribution in [0.1, 0.15) is 5.69 Å². The highest BCUT2D eigenvalue weighted by atomic mass is 16.5. The van der Waals surface area contributed by atoms with Crippen LogP contribution in [0.3, 0.4) is 0 Å². The van der Waals surface area contributed by atoms with Gasteiger partial charge in [-0.1, -0.05) is 0 Å². The molecule has 0 aliphatic heterocycles. The van der Waals surface area contributed by atoms with Crippen molar-refractivity contribution < 1.29 is 4.74 Å². The monoisotopic (exact) mass is 123 g/mol. The molecule has 0 unspecified atom stereocenters. The standard InChI is InChI=1S/C5H5N3O/c1-9-5-2-4(3-6)7-8-5/h2H,1H3,(H,7,8). The molecule has 0 saturated carbocycles. The van der Waals surface area contributed by atoms with Crippen LogP contribution in [0.5, 0.6) is 5.88 Å². The van der Waals surface area contributed by atoms with Crippen molar-refractivity contribution in [2.75, 3.05) is 7.11 Å². The molecule has 46 valence electrons. The van der Waals surface area contributed by atoms with Gasteiger partial charge in [0.25, 0.3) is 0 Å². The number of methoxy groups -OCH3 is 1. The van der Waals surface area contributed by atoms with Gasteiger partial charge in [0.15, 0.2) is 5.69 Å². The number of ether oxygens (including phenoxy) is 1. The van der Waals surface area contributed by atoms with Crippen molar-refractivity contribution in [3.63, 3.8) is 0 Å². The van der Waals surface area contributed by atoms with Crippen molar-refractivity contribution >= 4 is 0 Å². The SMILES string of the molecule is COc1cc(C#N)n[nH]1. The number of aromatic amines is 1. The predicted octanol–water partition coefficient (Wildman–Crippen LogP) is 0.290. The van der Waals surface area contributed by atoms with Crippen molar-refractivity contribution in [2.45, 2.75) is 0 Å². The molecule has 1 aromatic heterocycles. The van der Waals surface area contributed by atoms with Crippen LogP contribution in [0, 0.1) is 11.3 Å². The predicted molar refractivity (Wildman–Crippen MR) is 29.9 cm³/mol. The lowest BCUT2D eigenvalue weighted by Gasteiger charge is -1.86. The Kier molecular flexibility index (Phi) is 1.36. The number of nitrogens with zero attached hydrogens (tertiary/aromatic N) is 2. The summed E-state index contributed by atoms with van der Waals surface area (Å²) < 4.78 is 4.73. The molecular formula is C5H5N3O. The van der Waals surface area contributed by atoms with Gasteiger partial charge in [-0.25, -0.2) is 5.10 Å². The average molecular weight is 123 g/mol. The van der Waals surface area contributed by atoms with Gasteiger partial charge in [0.2, 0.25) is 5.88 Å². The molecule has 1 rings (SSSR count). The lowest BCUT2D eigenvalue weighted by Crippen LogP contribution is -1.79. The Balaban J connectivity index is 2.90. The van der Waals surface area contributed by atoms with Gasteiger partial charge in [-0.15, -0.1) is 0 Å².